The molecule has 2 rings (SSSR count). The molecule has 170 valence electrons. The van der Waals surface area contributed by atoms with Gasteiger partial charge in [-0.05, 0) is 60.3 Å². The maximum atomic E-state index is 10.5. The van der Waals surface area contributed by atoms with Crippen molar-refractivity contribution in [1.82, 2.24) is 10.3 Å². The van der Waals surface area contributed by atoms with Crippen LogP contribution in [0.15, 0.2) is 24.4 Å². The monoisotopic (exact) mass is 417 g/mol. The van der Waals surface area contributed by atoms with Gasteiger partial charge in [0.25, 0.3) is 0 Å². The minimum absolute atomic E-state index is 0.230. The number of fused-ring (bicyclic) bond motifs is 1. The molecule has 0 bridgehead atoms. The number of ether oxygens (including phenoxy) is 1. The second kappa shape index (κ2) is 11.8. The van der Waals surface area contributed by atoms with E-state index in [0.29, 0.717) is 30.3 Å². The summed E-state index contributed by atoms with van der Waals surface area (Å²) in [7, 11) is 1.75. The second-order valence-corrected chi connectivity index (χ2v) is 9.44. The van der Waals surface area contributed by atoms with Crippen LogP contribution in [0.1, 0.15) is 64.5 Å². The van der Waals surface area contributed by atoms with Crippen molar-refractivity contribution in [2.75, 3.05) is 20.3 Å². The quantitative estimate of drug-likeness (QED) is 0.368. The molecule has 0 spiro atoms. The molecule has 4 unspecified atom stereocenters. The normalized spacial score (nSPS) is 16.3. The molecule has 1 aromatic carbocycles. The van der Waals surface area contributed by atoms with Crippen molar-refractivity contribution in [3.8, 4) is 0 Å². The van der Waals surface area contributed by atoms with Crippen LogP contribution in [-0.2, 0) is 11.2 Å². The number of rotatable bonds is 13. The van der Waals surface area contributed by atoms with Crippen LogP contribution >= 0.6 is 0 Å². The molecule has 0 aliphatic rings. The minimum atomic E-state index is -0.527. The molecule has 1 heterocycles. The molecule has 0 fully saturated rings. The number of H-pyrrole nitrogens is 1. The molecule has 2 aromatic rings. The summed E-state index contributed by atoms with van der Waals surface area (Å²) in [6, 6.07) is 6.89. The van der Waals surface area contributed by atoms with E-state index in [1.807, 2.05) is 0 Å². The Kier molecular flexibility index (Phi) is 9.82. The smallest absolute Gasteiger partial charge is 0.0815 e. The lowest BCUT2D eigenvalue weighted by Crippen LogP contribution is -2.45. The molecule has 5 heteroatoms. The molecular formula is C25H43N3O2. The van der Waals surface area contributed by atoms with E-state index in [2.05, 4.69) is 69.3 Å². The molecule has 5 nitrogen and oxygen atoms in total. The first-order valence-corrected chi connectivity index (χ1v) is 11.5. The molecule has 0 saturated carbocycles. The van der Waals surface area contributed by atoms with Crippen molar-refractivity contribution in [3.63, 3.8) is 0 Å². The number of aliphatic hydroxyl groups excluding tert-OH is 1. The number of aliphatic hydroxyl groups is 1. The van der Waals surface area contributed by atoms with Crippen molar-refractivity contribution >= 4 is 10.9 Å². The van der Waals surface area contributed by atoms with Gasteiger partial charge < -0.3 is 25.9 Å². The Morgan fingerprint density at radius 1 is 1.17 bits per heavy atom. The van der Waals surface area contributed by atoms with E-state index in [0.717, 1.165) is 25.9 Å². The Bertz CT molecular complexity index is 756. The van der Waals surface area contributed by atoms with Crippen LogP contribution in [0.2, 0.25) is 0 Å². The van der Waals surface area contributed by atoms with Gasteiger partial charge in [-0.15, -0.1) is 0 Å². The van der Waals surface area contributed by atoms with E-state index >= 15 is 0 Å². The summed E-state index contributed by atoms with van der Waals surface area (Å²) >= 11 is 0. The Morgan fingerprint density at radius 2 is 1.90 bits per heavy atom. The van der Waals surface area contributed by atoms with Crippen LogP contribution in [-0.4, -0.2) is 48.5 Å². The van der Waals surface area contributed by atoms with Crippen LogP contribution < -0.4 is 11.1 Å². The van der Waals surface area contributed by atoms with Crippen LogP contribution in [0, 0.1) is 11.8 Å². The highest BCUT2D eigenvalue weighted by molar-refractivity contribution is 5.84. The zero-order valence-corrected chi connectivity index (χ0v) is 19.7. The summed E-state index contributed by atoms with van der Waals surface area (Å²) in [5.74, 6) is 1.26. The SMILES string of the molecule is COCCCc1c[nH]c2ccc(C(C)C(CC(N)C(O)CNC(C)C)C(C)C)cc12. The van der Waals surface area contributed by atoms with E-state index in [1.54, 1.807) is 7.11 Å². The third kappa shape index (κ3) is 6.81. The van der Waals surface area contributed by atoms with E-state index in [4.69, 9.17) is 10.5 Å². The van der Waals surface area contributed by atoms with E-state index in [-0.39, 0.29) is 6.04 Å². The number of hydrogen-bond donors (Lipinski definition) is 4. The average molecular weight is 418 g/mol. The lowest BCUT2D eigenvalue weighted by molar-refractivity contribution is 0.118. The largest absolute Gasteiger partial charge is 0.390 e. The fourth-order valence-corrected chi connectivity index (χ4v) is 4.37. The number of methoxy groups -OCH3 is 1. The van der Waals surface area contributed by atoms with Gasteiger partial charge in [0.1, 0.15) is 0 Å². The van der Waals surface area contributed by atoms with Gasteiger partial charge >= 0.3 is 0 Å². The van der Waals surface area contributed by atoms with Crippen LogP contribution in [0.4, 0.5) is 0 Å². The summed E-state index contributed by atoms with van der Waals surface area (Å²) in [6.45, 7) is 12.3. The van der Waals surface area contributed by atoms with Gasteiger partial charge in [-0.25, -0.2) is 0 Å². The molecule has 4 atom stereocenters. The second-order valence-electron chi connectivity index (χ2n) is 9.44. The summed E-state index contributed by atoms with van der Waals surface area (Å²) in [4.78, 5) is 3.40. The Hall–Kier alpha value is -1.40. The molecule has 30 heavy (non-hydrogen) atoms. The standard InChI is InChI=1S/C25H43N3O2/c1-16(2)21(13-23(26)25(29)15-27-17(3)4)18(5)19-9-10-24-22(12-19)20(14-28-24)8-7-11-30-6/h9-10,12,14,16-18,21,23,25,27-29H,7-8,11,13,15,26H2,1-6H3. The Balaban J connectivity index is 2.14. The maximum Gasteiger partial charge on any atom is 0.0815 e. The number of aryl methyl sites for hydroxylation is 1. The molecule has 1 aromatic heterocycles. The van der Waals surface area contributed by atoms with Gasteiger partial charge in [0.15, 0.2) is 0 Å². The number of nitrogens with two attached hydrogens (primary N) is 1. The lowest BCUT2D eigenvalue weighted by atomic mass is 9.76. The van der Waals surface area contributed by atoms with Crippen LogP contribution in [0.3, 0.4) is 0 Å². The van der Waals surface area contributed by atoms with E-state index < -0.39 is 6.10 Å². The van der Waals surface area contributed by atoms with Gasteiger partial charge in [-0.1, -0.05) is 40.7 Å². The average Bonchev–Trinajstić information content (AvgIpc) is 3.11. The molecule has 0 aliphatic carbocycles. The van der Waals surface area contributed by atoms with E-state index in [1.165, 1.54) is 22.0 Å². The topological polar surface area (TPSA) is 83.3 Å². The highest BCUT2D eigenvalue weighted by Crippen LogP contribution is 2.35. The Morgan fingerprint density at radius 3 is 2.53 bits per heavy atom. The highest BCUT2D eigenvalue weighted by atomic mass is 16.5. The van der Waals surface area contributed by atoms with Gasteiger partial charge in [-0.2, -0.15) is 0 Å². The number of hydrogen-bond acceptors (Lipinski definition) is 4. The van der Waals surface area contributed by atoms with Crippen LogP contribution in [0.5, 0.6) is 0 Å². The number of nitrogens with one attached hydrogen (secondary N) is 2. The Labute approximate surface area is 182 Å². The summed E-state index contributed by atoms with van der Waals surface area (Å²) in [6.07, 6.45) is 4.45. The van der Waals surface area contributed by atoms with Crippen molar-refractivity contribution in [1.29, 1.82) is 0 Å². The number of benzene rings is 1. The molecule has 0 radical (unpaired) electrons. The van der Waals surface area contributed by atoms with Gasteiger partial charge in [-0.3, -0.25) is 0 Å². The van der Waals surface area contributed by atoms with Crippen LogP contribution in [0.25, 0.3) is 10.9 Å². The molecular weight excluding hydrogens is 374 g/mol. The predicted molar refractivity (Wildman–Crippen MR) is 127 cm³/mol. The third-order valence-electron chi connectivity index (χ3n) is 6.38. The summed E-state index contributed by atoms with van der Waals surface area (Å²) in [5.41, 5.74) is 10.3. The summed E-state index contributed by atoms with van der Waals surface area (Å²) < 4.78 is 5.21. The maximum absolute atomic E-state index is 10.5. The molecule has 0 amide bonds. The van der Waals surface area contributed by atoms with Crippen molar-refractivity contribution < 1.29 is 9.84 Å². The number of aromatic nitrogens is 1. The predicted octanol–water partition coefficient (Wildman–Crippen LogP) is 4.20. The van der Waals surface area contributed by atoms with Crippen molar-refractivity contribution in [2.24, 2.45) is 17.6 Å². The first-order valence-electron chi connectivity index (χ1n) is 11.5. The first-order chi connectivity index (χ1) is 14.2. The lowest BCUT2D eigenvalue weighted by Gasteiger charge is -2.32. The first kappa shape index (κ1) is 24.9. The summed E-state index contributed by atoms with van der Waals surface area (Å²) in [5, 5.41) is 15.1. The van der Waals surface area contributed by atoms with Gasteiger partial charge in [0.05, 0.1) is 6.10 Å². The minimum Gasteiger partial charge on any atom is -0.390 e. The molecule has 0 aliphatic heterocycles. The van der Waals surface area contributed by atoms with Gasteiger partial charge in [0, 0.05) is 49.4 Å². The van der Waals surface area contributed by atoms with E-state index in [9.17, 15) is 5.11 Å². The fraction of sp³-hybridized carbons (Fsp3) is 0.680. The van der Waals surface area contributed by atoms with Crippen molar-refractivity contribution in [3.05, 3.63) is 35.5 Å². The highest BCUT2D eigenvalue weighted by Gasteiger charge is 2.27. The molecule has 0 saturated heterocycles. The molecule has 5 N–H and O–H groups in total. The van der Waals surface area contributed by atoms with Crippen molar-refractivity contribution in [2.45, 2.75) is 78.0 Å². The zero-order valence-electron chi connectivity index (χ0n) is 19.7. The van der Waals surface area contributed by atoms with Gasteiger partial charge in [0.2, 0.25) is 0 Å². The fourth-order valence-electron chi connectivity index (χ4n) is 4.37. The zero-order chi connectivity index (χ0) is 22.3. The number of aromatic amines is 1. The third-order valence-corrected chi connectivity index (χ3v) is 6.38.